The molecule has 0 aromatic carbocycles. The van der Waals surface area contributed by atoms with Gasteiger partial charge >= 0.3 is 11.9 Å². The third kappa shape index (κ3) is 28.4. The molecule has 0 heterocycles. The summed E-state index contributed by atoms with van der Waals surface area (Å²) in [6, 6.07) is -1.18. The van der Waals surface area contributed by atoms with Crippen LogP contribution >= 0.6 is 0 Å². The Bertz CT molecular complexity index is 558. The first kappa shape index (κ1) is 39.6. The topological polar surface area (TPSA) is 92.7 Å². The normalized spacial score (nSPS) is 11.5. The van der Waals surface area contributed by atoms with E-state index in [0.29, 0.717) is 12.8 Å². The van der Waals surface area contributed by atoms with Crippen LogP contribution in [0.25, 0.3) is 0 Å². The maximum Gasteiger partial charge on any atom is 0.329 e. The number of carboxylic acid groups (broad SMARTS) is 1. The summed E-state index contributed by atoms with van der Waals surface area (Å²) in [5.41, 5.74) is 0. The molecular weight excluding hydrogens is 489 g/mol. The maximum absolute atomic E-state index is 12.1. The van der Waals surface area contributed by atoms with Crippen molar-refractivity contribution in [1.82, 2.24) is 5.32 Å². The molecule has 6 nitrogen and oxygen atoms in total. The van der Waals surface area contributed by atoms with E-state index >= 15 is 0 Å². The number of rotatable bonds is 28. The van der Waals surface area contributed by atoms with Gasteiger partial charge in [0.05, 0.1) is 0 Å². The number of ether oxygens (including phenoxy) is 1. The quantitative estimate of drug-likeness (QED) is 0.0585. The van der Waals surface area contributed by atoms with Crippen molar-refractivity contribution in [1.29, 1.82) is 0 Å². The van der Waals surface area contributed by atoms with Gasteiger partial charge in [0.15, 0.2) is 6.04 Å². The van der Waals surface area contributed by atoms with Crippen LogP contribution < -0.4 is 5.32 Å². The Morgan fingerprint density at radius 3 is 1.29 bits per heavy atom. The van der Waals surface area contributed by atoms with Gasteiger partial charge in [-0.2, -0.15) is 0 Å². The number of unbranched alkanes of at least 4 members (excludes halogenated alkanes) is 20. The van der Waals surface area contributed by atoms with E-state index in [9.17, 15) is 19.5 Å². The Hall–Kier alpha value is -0.590. The van der Waals surface area contributed by atoms with Gasteiger partial charge in [0.25, 0.3) is 0 Å². The van der Waals surface area contributed by atoms with E-state index in [1.165, 1.54) is 103 Å². The van der Waals surface area contributed by atoms with Crippen molar-refractivity contribution in [3.8, 4) is 0 Å². The summed E-state index contributed by atoms with van der Waals surface area (Å²) in [7, 11) is 0. The van der Waals surface area contributed by atoms with Gasteiger partial charge in [0.2, 0.25) is 5.91 Å². The fourth-order valence-electron chi connectivity index (χ4n) is 4.57. The van der Waals surface area contributed by atoms with Crippen LogP contribution in [0.5, 0.6) is 0 Å². The first-order chi connectivity index (χ1) is 18.0. The van der Waals surface area contributed by atoms with Gasteiger partial charge in [0, 0.05) is 42.4 Å². The maximum atomic E-state index is 12.1. The van der Waals surface area contributed by atoms with Crippen LogP contribution in [0.2, 0.25) is 0 Å². The van der Waals surface area contributed by atoms with Gasteiger partial charge < -0.3 is 15.2 Å². The molecule has 219 valence electrons. The van der Waals surface area contributed by atoms with Gasteiger partial charge in [-0.25, -0.2) is 4.79 Å². The molecule has 1 radical (unpaired) electrons. The number of nitrogens with one attached hydrogen (secondary N) is 1. The van der Waals surface area contributed by atoms with E-state index in [1.54, 1.807) is 0 Å². The fourth-order valence-corrected chi connectivity index (χ4v) is 4.57. The molecule has 0 saturated carbocycles. The zero-order valence-corrected chi connectivity index (χ0v) is 27.3. The second-order valence-electron chi connectivity index (χ2n) is 10.7. The van der Waals surface area contributed by atoms with E-state index in [4.69, 9.17) is 4.74 Å². The van der Waals surface area contributed by atoms with Crippen LogP contribution in [0.1, 0.15) is 168 Å². The van der Waals surface area contributed by atoms with E-state index in [-0.39, 0.29) is 48.0 Å². The number of hydrogen-bond donors (Lipinski definition) is 2. The van der Waals surface area contributed by atoms with Crippen molar-refractivity contribution in [3.05, 3.63) is 0 Å². The minimum atomic E-state index is -1.18. The SMILES string of the molecule is CCCCCCCCCCCCCCCC(=O)OC[C@H](NC(=O)CCCCCCCCCCC)C(=O)O.[Na]. The second kappa shape index (κ2) is 30.9. The van der Waals surface area contributed by atoms with Gasteiger partial charge in [-0.05, 0) is 12.8 Å². The Labute approximate surface area is 256 Å². The first-order valence-electron chi connectivity index (χ1n) is 15.7. The standard InChI is InChI=1S/C31H59NO5.Na/c1-3-5-7-9-11-13-14-15-16-18-20-22-24-26-30(34)37-27-28(31(35)36)32-29(33)25-23-21-19-17-12-10-8-6-4-2;/h28H,3-27H2,1-2H3,(H,32,33)(H,35,36);/t28-;/m0./s1. The Kier molecular flexibility index (Phi) is 32.2. The average Bonchev–Trinajstić information content (AvgIpc) is 2.88. The summed E-state index contributed by atoms with van der Waals surface area (Å²) in [6.45, 7) is 4.15. The van der Waals surface area contributed by atoms with Crippen molar-refractivity contribution in [2.45, 2.75) is 174 Å². The molecule has 0 fully saturated rings. The van der Waals surface area contributed by atoms with Crippen LogP contribution in [-0.2, 0) is 19.1 Å². The Morgan fingerprint density at radius 1 is 0.579 bits per heavy atom. The van der Waals surface area contributed by atoms with Crippen molar-refractivity contribution < 1.29 is 24.2 Å². The number of carboxylic acids is 1. The second-order valence-corrected chi connectivity index (χ2v) is 10.7. The summed E-state index contributed by atoms with van der Waals surface area (Å²) < 4.78 is 5.14. The van der Waals surface area contributed by atoms with Crippen molar-refractivity contribution >= 4 is 47.4 Å². The predicted octanol–water partition coefficient (Wildman–Crippen LogP) is 8.12. The molecule has 0 aliphatic rings. The van der Waals surface area contributed by atoms with E-state index in [2.05, 4.69) is 19.2 Å². The number of carbonyl (C=O) groups excluding carboxylic acids is 2. The van der Waals surface area contributed by atoms with Gasteiger partial charge in [-0.1, -0.05) is 142 Å². The molecule has 1 amide bonds. The number of esters is 1. The zero-order chi connectivity index (χ0) is 27.4. The summed E-state index contributed by atoms with van der Waals surface area (Å²) in [6.07, 6.45) is 27.2. The van der Waals surface area contributed by atoms with Crippen LogP contribution in [0, 0.1) is 0 Å². The van der Waals surface area contributed by atoms with Gasteiger partial charge in [-0.3, -0.25) is 9.59 Å². The molecular formula is C31H59NNaO5. The summed E-state index contributed by atoms with van der Waals surface area (Å²) in [5, 5.41) is 11.9. The third-order valence-electron chi connectivity index (χ3n) is 7.04. The van der Waals surface area contributed by atoms with Gasteiger partial charge in [0.1, 0.15) is 6.61 Å². The van der Waals surface area contributed by atoms with Crippen LogP contribution in [0.15, 0.2) is 0 Å². The molecule has 38 heavy (non-hydrogen) atoms. The molecule has 0 aromatic rings. The van der Waals surface area contributed by atoms with Gasteiger partial charge in [-0.15, -0.1) is 0 Å². The molecule has 2 N–H and O–H groups in total. The van der Waals surface area contributed by atoms with Crippen LogP contribution in [0.4, 0.5) is 0 Å². The minimum Gasteiger partial charge on any atom is -0.480 e. The van der Waals surface area contributed by atoms with Crippen molar-refractivity contribution in [2.24, 2.45) is 0 Å². The molecule has 0 aliphatic heterocycles. The third-order valence-corrected chi connectivity index (χ3v) is 7.04. The van der Waals surface area contributed by atoms with Crippen molar-refractivity contribution in [3.63, 3.8) is 0 Å². The molecule has 7 heteroatoms. The molecule has 0 rings (SSSR count). The fraction of sp³-hybridized carbons (Fsp3) is 0.903. The number of carbonyl (C=O) groups is 3. The molecule has 0 aliphatic carbocycles. The van der Waals surface area contributed by atoms with Crippen LogP contribution in [-0.4, -0.2) is 65.2 Å². The monoisotopic (exact) mass is 548 g/mol. The minimum absolute atomic E-state index is 0. The molecule has 0 aromatic heterocycles. The summed E-state index contributed by atoms with van der Waals surface area (Å²) in [5.74, 6) is -1.85. The van der Waals surface area contributed by atoms with Crippen molar-refractivity contribution in [2.75, 3.05) is 6.61 Å². The smallest absolute Gasteiger partial charge is 0.329 e. The Balaban J connectivity index is 0. The first-order valence-corrected chi connectivity index (χ1v) is 15.7. The number of amides is 1. The molecule has 0 unspecified atom stereocenters. The molecule has 1 atom stereocenters. The molecule has 0 saturated heterocycles. The van der Waals surface area contributed by atoms with E-state index < -0.39 is 12.0 Å². The molecule has 0 bridgehead atoms. The predicted molar refractivity (Wildman–Crippen MR) is 158 cm³/mol. The zero-order valence-electron chi connectivity index (χ0n) is 25.3. The summed E-state index contributed by atoms with van der Waals surface area (Å²) in [4.78, 5) is 35.5. The summed E-state index contributed by atoms with van der Waals surface area (Å²) >= 11 is 0. The molecule has 0 spiro atoms. The van der Waals surface area contributed by atoms with E-state index in [1.807, 2.05) is 0 Å². The number of hydrogen-bond acceptors (Lipinski definition) is 4. The average molecular weight is 549 g/mol. The van der Waals surface area contributed by atoms with Crippen LogP contribution in [0.3, 0.4) is 0 Å². The van der Waals surface area contributed by atoms with E-state index in [0.717, 1.165) is 38.5 Å². The largest absolute Gasteiger partial charge is 0.480 e. The number of aliphatic carboxylic acids is 1. The Morgan fingerprint density at radius 2 is 0.921 bits per heavy atom.